The van der Waals surface area contributed by atoms with Crippen LogP contribution in [0.15, 0.2) is 16.7 Å². The van der Waals surface area contributed by atoms with Gasteiger partial charge in [-0.3, -0.25) is 0 Å². The lowest BCUT2D eigenvalue weighted by molar-refractivity contribution is 0.618. The molecule has 0 aromatic carbocycles. The molecule has 0 atom stereocenters. The molecular weight excluding hydrogens is 211 g/mol. The summed E-state index contributed by atoms with van der Waals surface area (Å²) in [5.74, 6) is 0.0394. The Morgan fingerprint density at radius 2 is 2.18 bits per heavy atom. The second-order valence-electron chi connectivity index (χ2n) is 2.35. The van der Waals surface area contributed by atoms with Gasteiger partial charge in [0.2, 0.25) is 0 Å². The lowest BCUT2D eigenvalue weighted by atomic mass is 10.4. The molecule has 60 valence electrons. The minimum Gasteiger partial charge on any atom is -0.360 e. The normalized spacial score (nSPS) is 9.82. The van der Waals surface area contributed by atoms with Crippen molar-refractivity contribution in [3.05, 3.63) is 22.6 Å². The summed E-state index contributed by atoms with van der Waals surface area (Å²) in [6.45, 7) is 0. The van der Waals surface area contributed by atoms with Gasteiger partial charge in [0.1, 0.15) is 0 Å². The van der Waals surface area contributed by atoms with Gasteiger partial charge in [-0.2, -0.15) is 0 Å². The third-order valence-corrected chi connectivity index (χ3v) is 1.65. The number of rotatable bonds is 1. The van der Waals surface area contributed by atoms with E-state index in [4.69, 9.17) is 0 Å². The summed E-state index contributed by atoms with van der Waals surface area (Å²) in [5, 5.41) is 0. The Labute approximate surface area is 73.2 Å². The molecule has 0 amide bonds. The zero-order chi connectivity index (χ0) is 8.43. The van der Waals surface area contributed by atoms with E-state index in [1.54, 1.807) is 25.2 Å². The monoisotopic (exact) mass is 218 g/mol. The Morgan fingerprint density at radius 3 is 2.64 bits per heavy atom. The average molecular weight is 219 g/mol. The summed E-state index contributed by atoms with van der Waals surface area (Å²) < 4.78 is 13.6. The molecule has 0 saturated heterocycles. The highest BCUT2D eigenvalue weighted by atomic mass is 79.9. The van der Waals surface area contributed by atoms with Crippen molar-refractivity contribution in [2.45, 2.75) is 0 Å². The molecule has 1 heterocycles. The van der Waals surface area contributed by atoms with E-state index in [0.29, 0.717) is 10.3 Å². The quantitative estimate of drug-likeness (QED) is 0.718. The highest BCUT2D eigenvalue weighted by molar-refractivity contribution is 9.10. The molecule has 1 aromatic heterocycles. The van der Waals surface area contributed by atoms with Crippen molar-refractivity contribution < 1.29 is 4.39 Å². The Morgan fingerprint density at radius 1 is 1.55 bits per heavy atom. The van der Waals surface area contributed by atoms with Gasteiger partial charge in [-0.05, 0) is 22.0 Å². The Balaban J connectivity index is 3.09. The fraction of sp³-hybridized carbons (Fsp3) is 0.286. The van der Waals surface area contributed by atoms with Crippen LogP contribution in [0.5, 0.6) is 0 Å². The van der Waals surface area contributed by atoms with Gasteiger partial charge in [-0.1, -0.05) is 0 Å². The Kier molecular flexibility index (Phi) is 2.44. The number of hydrogen-bond donors (Lipinski definition) is 0. The van der Waals surface area contributed by atoms with Crippen molar-refractivity contribution >= 4 is 21.7 Å². The van der Waals surface area contributed by atoms with Gasteiger partial charge in [0, 0.05) is 24.8 Å². The number of anilines is 1. The number of halogens is 2. The van der Waals surface area contributed by atoms with Crippen molar-refractivity contribution in [2.75, 3.05) is 19.0 Å². The average Bonchev–Trinajstić information content (AvgIpc) is 1.85. The van der Waals surface area contributed by atoms with Crippen molar-refractivity contribution in [1.29, 1.82) is 0 Å². The van der Waals surface area contributed by atoms with Crippen LogP contribution in [0.25, 0.3) is 0 Å². The highest BCUT2D eigenvalue weighted by Crippen LogP contribution is 2.17. The lowest BCUT2D eigenvalue weighted by Crippen LogP contribution is -2.12. The molecule has 2 nitrogen and oxygen atoms in total. The number of hydrogen-bond acceptors (Lipinski definition) is 2. The lowest BCUT2D eigenvalue weighted by Gasteiger charge is -2.11. The maximum atomic E-state index is 13.0. The zero-order valence-electron chi connectivity index (χ0n) is 6.31. The van der Waals surface area contributed by atoms with E-state index < -0.39 is 0 Å². The number of pyridine rings is 1. The summed E-state index contributed by atoms with van der Waals surface area (Å²) in [6.07, 6.45) is 1.57. The maximum absolute atomic E-state index is 13.0. The van der Waals surface area contributed by atoms with Gasteiger partial charge in [-0.15, -0.1) is 0 Å². The first-order valence-electron chi connectivity index (χ1n) is 3.09. The van der Waals surface area contributed by atoms with E-state index in [1.807, 2.05) is 0 Å². The van der Waals surface area contributed by atoms with Crippen LogP contribution < -0.4 is 4.90 Å². The van der Waals surface area contributed by atoms with Crippen LogP contribution in [0.4, 0.5) is 10.2 Å². The second kappa shape index (κ2) is 3.17. The van der Waals surface area contributed by atoms with E-state index in [9.17, 15) is 4.39 Å². The van der Waals surface area contributed by atoms with E-state index in [0.717, 1.165) is 0 Å². The number of aromatic nitrogens is 1. The van der Waals surface area contributed by atoms with E-state index in [2.05, 4.69) is 20.9 Å². The fourth-order valence-electron chi connectivity index (χ4n) is 0.736. The molecule has 0 bridgehead atoms. The largest absolute Gasteiger partial charge is 0.360 e. The topological polar surface area (TPSA) is 16.1 Å². The first-order valence-corrected chi connectivity index (χ1v) is 3.89. The van der Waals surface area contributed by atoms with E-state index in [1.165, 1.54) is 6.07 Å². The van der Waals surface area contributed by atoms with Crippen molar-refractivity contribution in [2.24, 2.45) is 0 Å². The van der Waals surface area contributed by atoms with Crippen LogP contribution in [0, 0.1) is 5.82 Å². The molecule has 4 heteroatoms. The van der Waals surface area contributed by atoms with Crippen LogP contribution in [0.3, 0.4) is 0 Å². The van der Waals surface area contributed by atoms with Crippen LogP contribution in [0.2, 0.25) is 0 Å². The Bertz CT molecular complexity index is 263. The molecule has 0 saturated carbocycles. The fourth-order valence-corrected chi connectivity index (χ4v) is 1.04. The smallest absolute Gasteiger partial charge is 0.166 e. The molecule has 0 N–H and O–H groups in total. The van der Waals surface area contributed by atoms with Crippen molar-refractivity contribution in [1.82, 2.24) is 4.98 Å². The Hall–Kier alpha value is -0.640. The summed E-state index contributed by atoms with van der Waals surface area (Å²) >= 11 is 3.12. The molecule has 0 unspecified atom stereocenters. The van der Waals surface area contributed by atoms with Gasteiger partial charge in [0.05, 0.1) is 0 Å². The summed E-state index contributed by atoms with van der Waals surface area (Å²) in [6, 6.07) is 1.39. The van der Waals surface area contributed by atoms with Crippen molar-refractivity contribution in [3.63, 3.8) is 0 Å². The number of nitrogens with zero attached hydrogens (tertiary/aromatic N) is 2. The second-order valence-corrected chi connectivity index (χ2v) is 3.27. The van der Waals surface area contributed by atoms with Gasteiger partial charge in [0.15, 0.2) is 11.6 Å². The van der Waals surface area contributed by atoms with Gasteiger partial charge in [-0.25, -0.2) is 9.37 Å². The van der Waals surface area contributed by atoms with Crippen LogP contribution in [0.1, 0.15) is 0 Å². The molecule has 1 rings (SSSR count). The SMILES string of the molecule is CN(C)c1ncc(Br)cc1F. The van der Waals surface area contributed by atoms with Crippen molar-refractivity contribution in [3.8, 4) is 0 Å². The van der Waals surface area contributed by atoms with Crippen LogP contribution in [-0.2, 0) is 0 Å². The van der Waals surface area contributed by atoms with Gasteiger partial charge < -0.3 is 4.90 Å². The predicted molar refractivity (Wildman–Crippen MR) is 46.2 cm³/mol. The van der Waals surface area contributed by atoms with Gasteiger partial charge in [0.25, 0.3) is 0 Å². The highest BCUT2D eigenvalue weighted by Gasteiger charge is 2.04. The third-order valence-electron chi connectivity index (χ3n) is 1.21. The maximum Gasteiger partial charge on any atom is 0.166 e. The van der Waals surface area contributed by atoms with Gasteiger partial charge >= 0.3 is 0 Å². The molecular formula is C7H8BrFN2. The zero-order valence-corrected chi connectivity index (χ0v) is 7.89. The molecule has 0 aliphatic heterocycles. The van der Waals surface area contributed by atoms with Crippen LogP contribution in [-0.4, -0.2) is 19.1 Å². The minimum atomic E-state index is -0.315. The third kappa shape index (κ3) is 1.89. The minimum absolute atomic E-state index is 0.315. The van der Waals surface area contributed by atoms with E-state index in [-0.39, 0.29) is 5.82 Å². The first-order chi connectivity index (χ1) is 5.11. The summed E-state index contributed by atoms with van der Waals surface area (Å²) in [5.41, 5.74) is 0. The molecule has 0 spiro atoms. The summed E-state index contributed by atoms with van der Waals surface area (Å²) in [7, 11) is 3.50. The van der Waals surface area contributed by atoms with Crippen LogP contribution >= 0.6 is 15.9 Å². The molecule has 11 heavy (non-hydrogen) atoms. The first kappa shape index (κ1) is 8.46. The molecule has 0 aliphatic rings. The predicted octanol–water partition coefficient (Wildman–Crippen LogP) is 2.05. The molecule has 0 aliphatic carbocycles. The van der Waals surface area contributed by atoms with E-state index >= 15 is 0 Å². The molecule has 1 aromatic rings. The molecule has 0 fully saturated rings. The summed E-state index contributed by atoms with van der Waals surface area (Å²) in [4.78, 5) is 5.51. The molecule has 0 radical (unpaired) electrons. The standard InChI is InChI=1S/C7H8BrFN2/c1-11(2)7-6(9)3-5(8)4-10-7/h3-4H,1-2H3.